The van der Waals surface area contributed by atoms with Crippen molar-refractivity contribution < 1.29 is 4.79 Å². The zero-order valence-corrected chi connectivity index (χ0v) is 11.9. The van der Waals surface area contributed by atoms with E-state index in [0.29, 0.717) is 12.0 Å². The molecule has 0 radical (unpaired) electrons. The first kappa shape index (κ1) is 12.9. The fourth-order valence-electron chi connectivity index (χ4n) is 3.56. The van der Waals surface area contributed by atoms with Crippen molar-refractivity contribution in [2.45, 2.75) is 31.7 Å². The summed E-state index contributed by atoms with van der Waals surface area (Å²) in [6.45, 7) is 1.69. The fourth-order valence-corrected chi connectivity index (χ4v) is 3.90. The van der Waals surface area contributed by atoms with Gasteiger partial charge in [0, 0.05) is 25.0 Å². The van der Waals surface area contributed by atoms with E-state index in [1.165, 1.54) is 12.8 Å². The number of amides is 1. The summed E-state index contributed by atoms with van der Waals surface area (Å²) >= 11 is 5.51. The third kappa shape index (κ3) is 2.61. The SMILES string of the molecule is NC(=O)C1CCN(C(=S)N[C@@H]2C[C@@H]3C=C[C@H]2C3)CC1. The van der Waals surface area contributed by atoms with Crippen molar-refractivity contribution in [1.82, 2.24) is 10.2 Å². The molecule has 3 rings (SSSR count). The van der Waals surface area contributed by atoms with Crippen LogP contribution in [0.15, 0.2) is 12.2 Å². The number of fused-ring (bicyclic) bond motifs is 2. The Morgan fingerprint density at radius 2 is 2.00 bits per heavy atom. The molecule has 2 aliphatic carbocycles. The number of carbonyl (C=O) groups excluding carboxylic acids is 1. The number of hydrogen-bond acceptors (Lipinski definition) is 2. The summed E-state index contributed by atoms with van der Waals surface area (Å²) in [5, 5.41) is 4.37. The molecule has 5 heteroatoms. The third-order valence-corrected chi connectivity index (χ3v) is 5.15. The van der Waals surface area contributed by atoms with Crippen molar-refractivity contribution in [1.29, 1.82) is 0 Å². The van der Waals surface area contributed by atoms with Gasteiger partial charge < -0.3 is 16.0 Å². The number of piperidine rings is 1. The van der Waals surface area contributed by atoms with E-state index < -0.39 is 0 Å². The minimum atomic E-state index is -0.170. The highest BCUT2D eigenvalue weighted by Gasteiger charge is 2.36. The Labute approximate surface area is 119 Å². The van der Waals surface area contributed by atoms with E-state index >= 15 is 0 Å². The number of allylic oxidation sites excluding steroid dienone is 1. The topological polar surface area (TPSA) is 58.4 Å². The summed E-state index contributed by atoms with van der Waals surface area (Å²) in [6, 6.07) is 0.511. The van der Waals surface area contributed by atoms with Gasteiger partial charge in [0.05, 0.1) is 0 Å². The number of nitrogens with zero attached hydrogens (tertiary/aromatic N) is 1. The predicted molar refractivity (Wildman–Crippen MR) is 78.4 cm³/mol. The molecular weight excluding hydrogens is 258 g/mol. The number of carbonyl (C=O) groups is 1. The van der Waals surface area contributed by atoms with Gasteiger partial charge in [-0.3, -0.25) is 4.79 Å². The van der Waals surface area contributed by atoms with Crippen LogP contribution >= 0.6 is 12.2 Å². The highest BCUT2D eigenvalue weighted by molar-refractivity contribution is 7.80. The molecule has 0 aromatic rings. The van der Waals surface area contributed by atoms with Gasteiger partial charge in [-0.1, -0.05) is 12.2 Å². The van der Waals surface area contributed by atoms with E-state index in [1.54, 1.807) is 0 Å². The van der Waals surface area contributed by atoms with E-state index in [0.717, 1.165) is 37.0 Å². The Morgan fingerprint density at radius 1 is 1.26 bits per heavy atom. The highest BCUT2D eigenvalue weighted by atomic mass is 32.1. The van der Waals surface area contributed by atoms with E-state index in [1.807, 2.05) is 0 Å². The van der Waals surface area contributed by atoms with Gasteiger partial charge in [-0.05, 0) is 49.7 Å². The standard InChI is InChI=1S/C14H21N3OS/c15-13(18)10-3-5-17(6-4-10)14(19)16-12-8-9-1-2-11(12)7-9/h1-2,9-12H,3-8H2,(H2,15,18)(H,16,19)/t9-,11+,12-/m1/s1. The van der Waals surface area contributed by atoms with Crippen LogP contribution in [0.4, 0.5) is 0 Å². The summed E-state index contributed by atoms with van der Waals surface area (Å²) in [5.41, 5.74) is 5.35. The molecule has 1 amide bonds. The van der Waals surface area contributed by atoms with Crippen LogP contribution in [0.2, 0.25) is 0 Å². The van der Waals surface area contributed by atoms with Gasteiger partial charge in [0.1, 0.15) is 0 Å². The first-order valence-corrected chi connectivity index (χ1v) is 7.57. The van der Waals surface area contributed by atoms with Crippen LogP contribution in [0.1, 0.15) is 25.7 Å². The summed E-state index contributed by atoms with van der Waals surface area (Å²) < 4.78 is 0. The average Bonchev–Trinajstić information content (AvgIpc) is 3.01. The lowest BCUT2D eigenvalue weighted by Crippen LogP contribution is -2.49. The molecule has 1 saturated carbocycles. The molecule has 1 aliphatic heterocycles. The first-order valence-electron chi connectivity index (χ1n) is 7.16. The molecular formula is C14H21N3OS. The van der Waals surface area contributed by atoms with Crippen LogP contribution in [0, 0.1) is 17.8 Å². The Hall–Kier alpha value is -1.10. The lowest BCUT2D eigenvalue weighted by molar-refractivity contribution is -0.122. The molecule has 0 aromatic carbocycles. The van der Waals surface area contributed by atoms with E-state index in [9.17, 15) is 4.79 Å². The quantitative estimate of drug-likeness (QED) is 0.585. The Kier molecular flexibility index (Phi) is 3.48. The van der Waals surface area contributed by atoms with Crippen LogP contribution in [0.5, 0.6) is 0 Å². The smallest absolute Gasteiger partial charge is 0.220 e. The second-order valence-corrected chi connectivity index (χ2v) is 6.39. The molecule has 3 atom stereocenters. The van der Waals surface area contributed by atoms with Gasteiger partial charge in [-0.15, -0.1) is 0 Å². The van der Waals surface area contributed by atoms with Gasteiger partial charge in [-0.2, -0.15) is 0 Å². The summed E-state index contributed by atoms with van der Waals surface area (Å²) in [5.74, 6) is 1.28. The zero-order valence-electron chi connectivity index (χ0n) is 11.0. The Balaban J connectivity index is 1.49. The van der Waals surface area contributed by atoms with Crippen LogP contribution in [-0.4, -0.2) is 35.1 Å². The van der Waals surface area contributed by atoms with Gasteiger partial charge in [0.25, 0.3) is 0 Å². The highest BCUT2D eigenvalue weighted by Crippen LogP contribution is 2.39. The van der Waals surface area contributed by atoms with Crippen LogP contribution in [-0.2, 0) is 4.79 Å². The molecule has 4 nitrogen and oxygen atoms in total. The van der Waals surface area contributed by atoms with Crippen molar-refractivity contribution in [3.63, 3.8) is 0 Å². The minimum absolute atomic E-state index is 0.0319. The summed E-state index contributed by atoms with van der Waals surface area (Å²) in [4.78, 5) is 13.3. The number of hydrogen-bond donors (Lipinski definition) is 2. The number of rotatable bonds is 2. The molecule has 3 aliphatic rings. The van der Waals surface area contributed by atoms with Crippen molar-refractivity contribution in [2.24, 2.45) is 23.5 Å². The molecule has 19 heavy (non-hydrogen) atoms. The molecule has 104 valence electrons. The largest absolute Gasteiger partial charge is 0.369 e. The van der Waals surface area contributed by atoms with Crippen LogP contribution in [0.25, 0.3) is 0 Å². The molecule has 0 aromatic heterocycles. The summed E-state index contributed by atoms with van der Waals surface area (Å²) in [6.07, 6.45) is 8.81. The van der Waals surface area contributed by atoms with Crippen LogP contribution in [0.3, 0.4) is 0 Å². The molecule has 3 N–H and O–H groups in total. The first-order chi connectivity index (χ1) is 9.13. The second kappa shape index (κ2) is 5.12. The van der Waals surface area contributed by atoms with Gasteiger partial charge >= 0.3 is 0 Å². The normalized spacial score (nSPS) is 33.7. The van der Waals surface area contributed by atoms with Crippen molar-refractivity contribution >= 4 is 23.2 Å². The second-order valence-electron chi connectivity index (χ2n) is 6.00. The van der Waals surface area contributed by atoms with Crippen molar-refractivity contribution in [3.05, 3.63) is 12.2 Å². The maximum absolute atomic E-state index is 11.1. The number of primary amides is 1. The molecule has 1 saturated heterocycles. The monoisotopic (exact) mass is 279 g/mol. The summed E-state index contributed by atoms with van der Waals surface area (Å²) in [7, 11) is 0. The molecule has 1 heterocycles. The van der Waals surface area contributed by atoms with Crippen molar-refractivity contribution in [2.75, 3.05) is 13.1 Å². The fraction of sp³-hybridized carbons (Fsp3) is 0.714. The van der Waals surface area contributed by atoms with E-state index in [2.05, 4.69) is 22.4 Å². The molecule has 0 spiro atoms. The van der Waals surface area contributed by atoms with Gasteiger partial charge in [-0.25, -0.2) is 0 Å². The molecule has 2 bridgehead atoms. The molecule has 0 unspecified atom stereocenters. The Bertz CT molecular complexity index is 415. The number of nitrogens with one attached hydrogen (secondary N) is 1. The van der Waals surface area contributed by atoms with Gasteiger partial charge in [0.15, 0.2) is 5.11 Å². The predicted octanol–water partition coefficient (Wildman–Crippen LogP) is 1.02. The van der Waals surface area contributed by atoms with Gasteiger partial charge in [0.2, 0.25) is 5.91 Å². The maximum Gasteiger partial charge on any atom is 0.220 e. The van der Waals surface area contributed by atoms with Crippen molar-refractivity contribution in [3.8, 4) is 0 Å². The third-order valence-electron chi connectivity index (χ3n) is 4.77. The minimum Gasteiger partial charge on any atom is -0.369 e. The van der Waals surface area contributed by atoms with Crippen LogP contribution < -0.4 is 11.1 Å². The van der Waals surface area contributed by atoms with E-state index in [4.69, 9.17) is 18.0 Å². The average molecular weight is 279 g/mol. The molecule has 2 fully saturated rings. The maximum atomic E-state index is 11.1. The zero-order chi connectivity index (χ0) is 13.4. The lowest BCUT2D eigenvalue weighted by atomic mass is 9.96. The number of nitrogens with two attached hydrogens (primary N) is 1. The number of likely N-dealkylation sites (tertiary alicyclic amines) is 1. The Morgan fingerprint density at radius 3 is 2.53 bits per heavy atom. The number of thiocarbonyl (C=S) groups is 1. The van der Waals surface area contributed by atoms with E-state index in [-0.39, 0.29) is 11.8 Å². The lowest BCUT2D eigenvalue weighted by Gasteiger charge is -2.34.